The van der Waals surface area contributed by atoms with Crippen LogP contribution in [0.3, 0.4) is 0 Å². The first-order valence-electron chi connectivity index (χ1n) is 6.66. The number of nitrogens with zero attached hydrogens (tertiary/aromatic N) is 3. The van der Waals surface area contributed by atoms with Crippen molar-refractivity contribution in [2.24, 2.45) is 5.16 Å². The lowest BCUT2D eigenvalue weighted by atomic mass is 10.2. The highest BCUT2D eigenvalue weighted by Crippen LogP contribution is 2.13. The predicted octanol–water partition coefficient (Wildman–Crippen LogP) is 2.02. The third-order valence-corrected chi connectivity index (χ3v) is 3.28. The average Bonchev–Trinajstić information content (AvgIpc) is 3.03. The van der Waals surface area contributed by atoms with Gasteiger partial charge in [-0.3, -0.25) is 9.20 Å². The average molecular weight is 298 g/mol. The third kappa shape index (κ3) is 2.44. The normalized spacial score (nSPS) is 11.3. The molecule has 0 aliphatic heterocycles. The lowest BCUT2D eigenvalue weighted by Crippen LogP contribution is -2.22. The number of fused-ring (bicyclic) bond motifs is 1. The van der Waals surface area contributed by atoms with Gasteiger partial charge >= 0.3 is 0 Å². The van der Waals surface area contributed by atoms with Crippen LogP contribution in [0.25, 0.3) is 5.65 Å². The molecule has 0 bridgehead atoms. The summed E-state index contributed by atoms with van der Waals surface area (Å²) in [5.41, 5.74) is 1.28. The van der Waals surface area contributed by atoms with Gasteiger partial charge < -0.3 is 14.9 Å². The Bertz CT molecular complexity index is 882. The minimum Gasteiger partial charge on any atom is -0.467 e. The number of aromatic nitrogens is 2. The van der Waals surface area contributed by atoms with Gasteiger partial charge in [0.2, 0.25) is 0 Å². The SMILES string of the molecule is Cc1cccn2c(=O)c(/C=N/O)c(NCc3ccco3)nc12. The van der Waals surface area contributed by atoms with E-state index in [9.17, 15) is 4.79 Å². The Morgan fingerprint density at radius 1 is 1.45 bits per heavy atom. The number of rotatable bonds is 4. The Hall–Kier alpha value is -3.09. The summed E-state index contributed by atoms with van der Waals surface area (Å²) in [7, 11) is 0. The molecule has 0 spiro atoms. The van der Waals surface area contributed by atoms with Crippen LogP contribution in [-0.2, 0) is 6.54 Å². The standard InChI is InChI=1S/C15H14N4O3/c1-10-4-2-6-19-14(10)18-13(12(9-17-21)15(19)20)16-8-11-5-3-7-22-11/h2-7,9,16,21H,8H2,1H3/b17-9+. The second kappa shape index (κ2) is 5.72. The molecular weight excluding hydrogens is 284 g/mol. The highest BCUT2D eigenvalue weighted by molar-refractivity contribution is 5.86. The highest BCUT2D eigenvalue weighted by Gasteiger charge is 2.12. The molecule has 0 saturated carbocycles. The molecule has 0 fully saturated rings. The van der Waals surface area contributed by atoms with Gasteiger partial charge in [0, 0.05) is 6.20 Å². The first kappa shape index (κ1) is 13.9. The van der Waals surface area contributed by atoms with Gasteiger partial charge in [0.05, 0.1) is 19.0 Å². The summed E-state index contributed by atoms with van der Waals surface area (Å²) in [6.45, 7) is 2.24. The minimum absolute atomic E-state index is 0.178. The number of furan rings is 1. The number of hydrogen-bond acceptors (Lipinski definition) is 6. The van der Waals surface area contributed by atoms with Crippen molar-refractivity contribution < 1.29 is 9.62 Å². The van der Waals surface area contributed by atoms with E-state index in [-0.39, 0.29) is 11.1 Å². The van der Waals surface area contributed by atoms with E-state index >= 15 is 0 Å². The van der Waals surface area contributed by atoms with Crippen LogP contribution in [0.5, 0.6) is 0 Å². The molecule has 22 heavy (non-hydrogen) atoms. The summed E-state index contributed by atoms with van der Waals surface area (Å²) >= 11 is 0. The zero-order chi connectivity index (χ0) is 15.5. The van der Waals surface area contributed by atoms with Crippen LogP contribution in [0, 0.1) is 6.92 Å². The van der Waals surface area contributed by atoms with Crippen molar-refractivity contribution in [2.75, 3.05) is 5.32 Å². The number of oxime groups is 1. The maximum absolute atomic E-state index is 12.5. The molecule has 7 nitrogen and oxygen atoms in total. The summed E-state index contributed by atoms with van der Waals surface area (Å²) in [5, 5.41) is 14.8. The Balaban J connectivity index is 2.12. The molecule has 3 aromatic heterocycles. The fourth-order valence-electron chi connectivity index (χ4n) is 2.20. The summed E-state index contributed by atoms with van der Waals surface area (Å²) < 4.78 is 6.66. The topological polar surface area (TPSA) is 92.1 Å². The van der Waals surface area contributed by atoms with Crippen molar-refractivity contribution in [1.29, 1.82) is 0 Å². The van der Waals surface area contributed by atoms with Crippen LogP contribution in [0.4, 0.5) is 5.82 Å². The molecule has 3 rings (SSSR count). The van der Waals surface area contributed by atoms with Gasteiger partial charge in [-0.1, -0.05) is 11.2 Å². The second-order valence-corrected chi connectivity index (χ2v) is 4.74. The van der Waals surface area contributed by atoms with Crippen LogP contribution in [-0.4, -0.2) is 20.8 Å². The Morgan fingerprint density at radius 2 is 2.32 bits per heavy atom. The molecule has 0 aromatic carbocycles. The van der Waals surface area contributed by atoms with Crippen molar-refractivity contribution in [2.45, 2.75) is 13.5 Å². The van der Waals surface area contributed by atoms with Gasteiger partial charge in [-0.15, -0.1) is 0 Å². The largest absolute Gasteiger partial charge is 0.467 e. The molecule has 2 N–H and O–H groups in total. The molecular formula is C15H14N4O3. The van der Waals surface area contributed by atoms with E-state index in [4.69, 9.17) is 9.62 Å². The van der Waals surface area contributed by atoms with Gasteiger partial charge in [0.25, 0.3) is 5.56 Å². The lowest BCUT2D eigenvalue weighted by molar-refractivity contribution is 0.322. The van der Waals surface area contributed by atoms with Gasteiger partial charge in [-0.25, -0.2) is 4.98 Å². The number of hydrogen-bond donors (Lipinski definition) is 2. The summed E-state index contributed by atoms with van der Waals surface area (Å²) in [6, 6.07) is 7.23. The van der Waals surface area contributed by atoms with Crippen LogP contribution < -0.4 is 10.9 Å². The Kier molecular flexibility index (Phi) is 3.61. The zero-order valence-corrected chi connectivity index (χ0v) is 11.9. The molecule has 3 aromatic rings. The van der Waals surface area contributed by atoms with Crippen LogP contribution in [0.2, 0.25) is 0 Å². The number of aryl methyl sites for hydroxylation is 1. The van der Waals surface area contributed by atoms with Crippen molar-refractivity contribution in [3.8, 4) is 0 Å². The summed E-state index contributed by atoms with van der Waals surface area (Å²) in [6.07, 6.45) is 4.28. The van der Waals surface area contributed by atoms with E-state index in [0.29, 0.717) is 23.8 Å². The van der Waals surface area contributed by atoms with Crippen molar-refractivity contribution >= 4 is 17.7 Å². The maximum Gasteiger partial charge on any atom is 0.268 e. The molecule has 0 unspecified atom stereocenters. The molecule has 0 amide bonds. The molecule has 0 aliphatic rings. The highest BCUT2D eigenvalue weighted by atomic mass is 16.4. The van der Waals surface area contributed by atoms with Gasteiger partial charge in [-0.05, 0) is 30.7 Å². The fourth-order valence-corrected chi connectivity index (χ4v) is 2.20. The van der Waals surface area contributed by atoms with E-state index in [1.807, 2.05) is 19.1 Å². The monoisotopic (exact) mass is 298 g/mol. The molecule has 0 radical (unpaired) electrons. The smallest absolute Gasteiger partial charge is 0.268 e. The molecule has 0 atom stereocenters. The van der Waals surface area contributed by atoms with Crippen LogP contribution >= 0.6 is 0 Å². The van der Waals surface area contributed by atoms with Crippen LogP contribution in [0.15, 0.2) is 51.1 Å². The number of nitrogens with one attached hydrogen (secondary N) is 1. The second-order valence-electron chi connectivity index (χ2n) is 4.74. The molecule has 7 heteroatoms. The molecule has 0 aliphatic carbocycles. The quantitative estimate of drug-likeness (QED) is 0.437. The van der Waals surface area contributed by atoms with E-state index < -0.39 is 0 Å². The predicted molar refractivity (Wildman–Crippen MR) is 81.6 cm³/mol. The Morgan fingerprint density at radius 3 is 3.05 bits per heavy atom. The van der Waals surface area contributed by atoms with Gasteiger partial charge in [0.15, 0.2) is 0 Å². The van der Waals surface area contributed by atoms with E-state index in [2.05, 4.69) is 15.5 Å². The van der Waals surface area contributed by atoms with Gasteiger partial charge in [-0.2, -0.15) is 0 Å². The first-order chi connectivity index (χ1) is 10.7. The molecule has 3 heterocycles. The first-order valence-corrected chi connectivity index (χ1v) is 6.66. The number of pyridine rings is 1. The van der Waals surface area contributed by atoms with Crippen LogP contribution in [0.1, 0.15) is 16.9 Å². The number of anilines is 1. The van der Waals surface area contributed by atoms with E-state index in [0.717, 1.165) is 11.8 Å². The van der Waals surface area contributed by atoms with Crippen molar-refractivity contribution in [1.82, 2.24) is 9.38 Å². The zero-order valence-electron chi connectivity index (χ0n) is 11.9. The lowest BCUT2D eigenvalue weighted by Gasteiger charge is -2.10. The van der Waals surface area contributed by atoms with Gasteiger partial charge in [0.1, 0.15) is 22.8 Å². The van der Waals surface area contributed by atoms with Crippen molar-refractivity contribution in [3.05, 3.63) is 64.0 Å². The Labute approximate surface area is 125 Å². The third-order valence-electron chi connectivity index (χ3n) is 3.28. The molecule has 112 valence electrons. The fraction of sp³-hybridized carbons (Fsp3) is 0.133. The summed E-state index contributed by atoms with van der Waals surface area (Å²) in [5.74, 6) is 1.05. The van der Waals surface area contributed by atoms with E-state index in [1.54, 1.807) is 24.6 Å². The maximum atomic E-state index is 12.5. The summed E-state index contributed by atoms with van der Waals surface area (Å²) in [4.78, 5) is 17.0. The minimum atomic E-state index is -0.312. The molecule has 0 saturated heterocycles. The van der Waals surface area contributed by atoms with E-state index in [1.165, 1.54) is 4.40 Å². The van der Waals surface area contributed by atoms with Crippen molar-refractivity contribution in [3.63, 3.8) is 0 Å².